The summed E-state index contributed by atoms with van der Waals surface area (Å²) in [5.41, 5.74) is 0.980. The molecule has 118 valence electrons. The molecule has 2 rings (SSSR count). The first kappa shape index (κ1) is 16.8. The van der Waals surface area contributed by atoms with E-state index in [2.05, 4.69) is 15.5 Å². The average Bonchev–Trinajstić information content (AvgIpc) is 2.95. The first-order valence-corrected chi connectivity index (χ1v) is 9.00. The van der Waals surface area contributed by atoms with Crippen LogP contribution in [0.4, 0.5) is 4.39 Å². The molecule has 22 heavy (non-hydrogen) atoms. The van der Waals surface area contributed by atoms with Gasteiger partial charge in [-0.05, 0) is 30.4 Å². The van der Waals surface area contributed by atoms with Crippen molar-refractivity contribution in [3.63, 3.8) is 0 Å². The molecule has 8 heteroatoms. The fourth-order valence-corrected chi connectivity index (χ4v) is 2.63. The van der Waals surface area contributed by atoms with Crippen LogP contribution in [0.2, 0.25) is 0 Å². The largest absolute Gasteiger partial charge is 0.415 e. The van der Waals surface area contributed by atoms with Gasteiger partial charge < -0.3 is 9.73 Å². The topological polar surface area (TPSA) is 68.0 Å². The highest BCUT2D eigenvalue weighted by molar-refractivity contribution is 7.99. The molecule has 0 saturated carbocycles. The zero-order chi connectivity index (χ0) is 15.8. The molecule has 0 aliphatic carbocycles. The summed E-state index contributed by atoms with van der Waals surface area (Å²) in [5, 5.41) is 10.9. The van der Waals surface area contributed by atoms with Crippen molar-refractivity contribution in [2.45, 2.75) is 17.4 Å². The van der Waals surface area contributed by atoms with Crippen molar-refractivity contribution in [1.82, 2.24) is 15.5 Å². The number of halogens is 1. The summed E-state index contributed by atoms with van der Waals surface area (Å²) in [4.78, 5) is 11.7. The van der Waals surface area contributed by atoms with E-state index in [4.69, 9.17) is 4.42 Å². The van der Waals surface area contributed by atoms with E-state index in [9.17, 15) is 9.18 Å². The van der Waals surface area contributed by atoms with Crippen LogP contribution in [-0.2, 0) is 17.0 Å². The standard InChI is InChI=1S/C14H16FN3O2S2/c1-21-9-13-17-18-14(20-13)22-8-12(19)16-7-6-10-2-4-11(15)5-3-10/h2-5H,6-9H2,1H3,(H,16,19). The van der Waals surface area contributed by atoms with Crippen molar-refractivity contribution in [1.29, 1.82) is 0 Å². The van der Waals surface area contributed by atoms with E-state index in [0.29, 0.717) is 29.8 Å². The van der Waals surface area contributed by atoms with Gasteiger partial charge in [0, 0.05) is 6.54 Å². The number of nitrogens with zero attached hydrogens (tertiary/aromatic N) is 2. The zero-order valence-electron chi connectivity index (χ0n) is 12.0. The molecule has 0 spiro atoms. The van der Waals surface area contributed by atoms with Gasteiger partial charge in [0.25, 0.3) is 5.22 Å². The SMILES string of the molecule is CSCc1nnc(SCC(=O)NCCc2ccc(F)cc2)o1. The summed E-state index contributed by atoms with van der Waals surface area (Å²) in [5.74, 6) is 1.09. The Balaban J connectivity index is 1.66. The Morgan fingerprint density at radius 2 is 2.09 bits per heavy atom. The minimum absolute atomic E-state index is 0.100. The monoisotopic (exact) mass is 341 g/mol. The van der Waals surface area contributed by atoms with Crippen LogP contribution in [0.25, 0.3) is 0 Å². The van der Waals surface area contributed by atoms with Crippen LogP contribution >= 0.6 is 23.5 Å². The molecular weight excluding hydrogens is 325 g/mol. The third-order valence-corrected chi connectivity index (χ3v) is 4.05. The highest BCUT2D eigenvalue weighted by atomic mass is 32.2. The van der Waals surface area contributed by atoms with E-state index < -0.39 is 0 Å². The van der Waals surface area contributed by atoms with Gasteiger partial charge in [-0.25, -0.2) is 4.39 Å². The Kier molecular flexibility index (Phi) is 6.73. The normalized spacial score (nSPS) is 10.6. The van der Waals surface area contributed by atoms with Crippen LogP contribution in [0.3, 0.4) is 0 Å². The Morgan fingerprint density at radius 1 is 1.32 bits per heavy atom. The van der Waals surface area contributed by atoms with Crippen molar-refractivity contribution >= 4 is 29.4 Å². The summed E-state index contributed by atoms with van der Waals surface area (Å²) in [7, 11) is 0. The van der Waals surface area contributed by atoms with Gasteiger partial charge in [0.1, 0.15) is 5.82 Å². The smallest absolute Gasteiger partial charge is 0.277 e. The third-order valence-electron chi connectivity index (χ3n) is 2.69. The van der Waals surface area contributed by atoms with Gasteiger partial charge in [0.05, 0.1) is 11.5 Å². The lowest BCUT2D eigenvalue weighted by molar-refractivity contribution is -0.118. The molecule has 1 aromatic carbocycles. The molecule has 0 bridgehead atoms. The molecule has 5 nitrogen and oxygen atoms in total. The lowest BCUT2D eigenvalue weighted by Gasteiger charge is -2.04. The molecule has 0 radical (unpaired) electrons. The van der Waals surface area contributed by atoms with Crippen molar-refractivity contribution in [3.05, 3.63) is 41.5 Å². The number of thioether (sulfide) groups is 2. The van der Waals surface area contributed by atoms with Gasteiger partial charge in [0.2, 0.25) is 11.8 Å². The van der Waals surface area contributed by atoms with Crippen molar-refractivity contribution < 1.29 is 13.6 Å². The molecular formula is C14H16FN3O2S2. The molecule has 1 amide bonds. The lowest BCUT2D eigenvalue weighted by atomic mass is 10.1. The Hall–Kier alpha value is -1.54. The maximum atomic E-state index is 12.8. The van der Waals surface area contributed by atoms with Crippen LogP contribution in [-0.4, -0.2) is 34.7 Å². The number of hydrogen-bond acceptors (Lipinski definition) is 6. The summed E-state index contributed by atoms with van der Waals surface area (Å²) < 4.78 is 18.1. The van der Waals surface area contributed by atoms with E-state index in [1.807, 2.05) is 6.26 Å². The maximum Gasteiger partial charge on any atom is 0.277 e. The Morgan fingerprint density at radius 3 is 2.82 bits per heavy atom. The van der Waals surface area contributed by atoms with Gasteiger partial charge >= 0.3 is 0 Å². The molecule has 0 atom stereocenters. The van der Waals surface area contributed by atoms with Crippen LogP contribution in [0, 0.1) is 5.82 Å². The summed E-state index contributed by atoms with van der Waals surface area (Å²) >= 11 is 2.81. The number of hydrogen-bond donors (Lipinski definition) is 1. The zero-order valence-corrected chi connectivity index (χ0v) is 13.7. The fraction of sp³-hybridized carbons (Fsp3) is 0.357. The van der Waals surface area contributed by atoms with E-state index in [1.165, 1.54) is 23.9 Å². The predicted octanol–water partition coefficient (Wildman–Crippen LogP) is 2.52. The number of aromatic nitrogens is 2. The van der Waals surface area contributed by atoms with Gasteiger partial charge in [-0.15, -0.1) is 10.2 Å². The van der Waals surface area contributed by atoms with E-state index in [-0.39, 0.29) is 17.5 Å². The average molecular weight is 341 g/mol. The van der Waals surface area contributed by atoms with Crippen molar-refractivity contribution in [3.8, 4) is 0 Å². The Bertz CT molecular complexity index is 604. The number of carbonyl (C=O) groups excluding carboxylic acids is 1. The third kappa shape index (κ3) is 5.69. The quantitative estimate of drug-likeness (QED) is 0.744. The fourth-order valence-electron chi connectivity index (χ4n) is 1.65. The van der Waals surface area contributed by atoms with Crippen molar-refractivity contribution in [2.24, 2.45) is 0 Å². The molecule has 0 aliphatic heterocycles. The predicted molar refractivity (Wildman–Crippen MR) is 85.4 cm³/mol. The number of nitrogens with one attached hydrogen (secondary N) is 1. The molecule has 1 N–H and O–H groups in total. The second-order valence-electron chi connectivity index (χ2n) is 4.41. The first-order chi connectivity index (χ1) is 10.7. The minimum atomic E-state index is -0.260. The van der Waals surface area contributed by atoms with E-state index in [1.54, 1.807) is 23.9 Å². The number of amides is 1. The second kappa shape index (κ2) is 8.79. The van der Waals surface area contributed by atoms with E-state index >= 15 is 0 Å². The van der Waals surface area contributed by atoms with Gasteiger partial charge in [-0.3, -0.25) is 4.79 Å². The van der Waals surface area contributed by atoms with Gasteiger partial charge in [-0.2, -0.15) is 11.8 Å². The Labute approximate surface area is 136 Å². The lowest BCUT2D eigenvalue weighted by Crippen LogP contribution is -2.27. The number of carbonyl (C=O) groups is 1. The van der Waals surface area contributed by atoms with Gasteiger partial charge in [0.15, 0.2) is 0 Å². The van der Waals surface area contributed by atoms with Crippen LogP contribution < -0.4 is 5.32 Å². The molecule has 0 fully saturated rings. The number of rotatable bonds is 8. The molecule has 2 aromatic rings. The highest BCUT2D eigenvalue weighted by Gasteiger charge is 2.09. The molecule has 0 aliphatic rings. The molecule has 1 heterocycles. The summed E-state index contributed by atoms with van der Waals surface area (Å²) in [6.07, 6.45) is 2.61. The highest BCUT2D eigenvalue weighted by Crippen LogP contribution is 2.17. The van der Waals surface area contributed by atoms with Crippen LogP contribution in [0.1, 0.15) is 11.5 Å². The van der Waals surface area contributed by atoms with Crippen molar-refractivity contribution in [2.75, 3.05) is 18.6 Å². The number of benzene rings is 1. The summed E-state index contributed by atoms with van der Waals surface area (Å²) in [6.45, 7) is 0.507. The first-order valence-electron chi connectivity index (χ1n) is 6.62. The molecule has 0 saturated heterocycles. The molecule has 1 aromatic heterocycles. The second-order valence-corrected chi connectivity index (χ2v) is 6.20. The summed E-state index contributed by atoms with van der Waals surface area (Å²) in [6, 6.07) is 6.24. The van der Waals surface area contributed by atoms with Crippen LogP contribution in [0.15, 0.2) is 33.9 Å². The minimum Gasteiger partial charge on any atom is -0.415 e. The molecule has 0 unspecified atom stereocenters. The maximum absolute atomic E-state index is 12.8. The van der Waals surface area contributed by atoms with E-state index in [0.717, 1.165) is 5.56 Å². The van der Waals surface area contributed by atoms with Crippen LogP contribution in [0.5, 0.6) is 0 Å². The van der Waals surface area contributed by atoms with Gasteiger partial charge in [-0.1, -0.05) is 23.9 Å².